The molecule has 0 aliphatic heterocycles. The van der Waals surface area contributed by atoms with Crippen LogP contribution in [0.1, 0.15) is 45.4 Å². The molecule has 0 aromatic carbocycles. The summed E-state index contributed by atoms with van der Waals surface area (Å²) in [4.78, 5) is 0. The maximum atomic E-state index is 9.65. The lowest BCUT2D eigenvalue weighted by molar-refractivity contribution is -0.0533. The van der Waals surface area contributed by atoms with Crippen LogP contribution < -0.4 is 0 Å². The number of hydrogen-bond donors (Lipinski definition) is 1. The maximum absolute atomic E-state index is 9.65. The third kappa shape index (κ3) is 0.971. The number of hydrogen-bond acceptors (Lipinski definition) is 1. The molecule has 0 bridgehead atoms. The molecule has 1 spiro atoms. The van der Waals surface area contributed by atoms with Crippen LogP contribution in [0, 0.1) is 23.2 Å². The summed E-state index contributed by atoms with van der Waals surface area (Å²) in [7, 11) is 0. The van der Waals surface area contributed by atoms with Crippen molar-refractivity contribution in [1.29, 1.82) is 0 Å². The highest BCUT2D eigenvalue weighted by Gasteiger charge is 2.67. The highest BCUT2D eigenvalue weighted by molar-refractivity contribution is 5.16. The summed E-state index contributed by atoms with van der Waals surface area (Å²) in [6, 6.07) is 0. The molecule has 1 N–H and O–H groups in total. The van der Waals surface area contributed by atoms with Crippen LogP contribution in [0.4, 0.5) is 0 Å². The third-order valence-corrected chi connectivity index (χ3v) is 5.12. The van der Waals surface area contributed by atoms with Crippen molar-refractivity contribution in [2.75, 3.05) is 0 Å². The minimum atomic E-state index is 0.0385. The quantitative estimate of drug-likeness (QED) is 0.657. The molecule has 3 aliphatic carbocycles. The molecule has 0 heterocycles. The fraction of sp³-hybridized carbons (Fsp3) is 1.00. The monoisotopic (exact) mass is 180 g/mol. The Morgan fingerprint density at radius 2 is 2.15 bits per heavy atom. The predicted molar refractivity (Wildman–Crippen MR) is 52.3 cm³/mol. The smallest absolute Gasteiger partial charge is 0.0543 e. The van der Waals surface area contributed by atoms with Gasteiger partial charge in [-0.3, -0.25) is 0 Å². The highest BCUT2D eigenvalue weighted by atomic mass is 16.3. The third-order valence-electron chi connectivity index (χ3n) is 5.12. The van der Waals surface area contributed by atoms with Crippen LogP contribution in [0.15, 0.2) is 0 Å². The number of rotatable bonds is 1. The minimum Gasteiger partial charge on any atom is -0.393 e. The molecule has 0 amide bonds. The van der Waals surface area contributed by atoms with Crippen molar-refractivity contribution in [3.63, 3.8) is 0 Å². The zero-order valence-electron chi connectivity index (χ0n) is 8.50. The Morgan fingerprint density at radius 1 is 1.31 bits per heavy atom. The van der Waals surface area contributed by atoms with Crippen molar-refractivity contribution >= 4 is 0 Å². The van der Waals surface area contributed by atoms with Gasteiger partial charge in [0, 0.05) is 0 Å². The lowest BCUT2D eigenvalue weighted by atomic mass is 9.55. The first kappa shape index (κ1) is 8.28. The van der Waals surface area contributed by atoms with Gasteiger partial charge in [0.1, 0.15) is 0 Å². The Hall–Kier alpha value is -0.0400. The van der Waals surface area contributed by atoms with E-state index in [0.717, 1.165) is 36.0 Å². The standard InChI is InChI=1S/C12H20O/c1-2-9-7-12(9)6-8-3-4-10(13)5-11(8)12/h8-11,13H,2-7H2,1H3. The highest BCUT2D eigenvalue weighted by Crippen LogP contribution is 2.74. The molecule has 3 saturated carbocycles. The predicted octanol–water partition coefficient (Wildman–Crippen LogP) is 2.58. The Kier molecular flexibility index (Phi) is 1.59. The molecule has 0 aromatic heterocycles. The topological polar surface area (TPSA) is 20.2 Å². The lowest BCUT2D eigenvalue weighted by Crippen LogP contribution is -2.45. The first-order valence-electron chi connectivity index (χ1n) is 5.94. The molecule has 3 fully saturated rings. The summed E-state index contributed by atoms with van der Waals surface area (Å²) in [5.41, 5.74) is 0.751. The second kappa shape index (κ2) is 2.50. The van der Waals surface area contributed by atoms with Gasteiger partial charge in [0.15, 0.2) is 0 Å². The van der Waals surface area contributed by atoms with Crippen molar-refractivity contribution < 1.29 is 5.11 Å². The minimum absolute atomic E-state index is 0.0385. The van der Waals surface area contributed by atoms with Crippen LogP contribution in [0.25, 0.3) is 0 Å². The first-order valence-corrected chi connectivity index (χ1v) is 5.94. The molecular formula is C12H20O. The van der Waals surface area contributed by atoms with Crippen LogP contribution in [0.5, 0.6) is 0 Å². The largest absolute Gasteiger partial charge is 0.393 e. The van der Waals surface area contributed by atoms with Crippen molar-refractivity contribution in [1.82, 2.24) is 0 Å². The van der Waals surface area contributed by atoms with Gasteiger partial charge < -0.3 is 5.11 Å². The number of aliphatic hydroxyl groups is 1. The zero-order chi connectivity index (χ0) is 9.05. The molecule has 13 heavy (non-hydrogen) atoms. The van der Waals surface area contributed by atoms with E-state index >= 15 is 0 Å². The first-order chi connectivity index (χ1) is 6.26. The number of aliphatic hydroxyl groups excluding tert-OH is 1. The van der Waals surface area contributed by atoms with Crippen molar-refractivity contribution in [2.24, 2.45) is 23.2 Å². The fourth-order valence-electron chi connectivity index (χ4n) is 4.29. The van der Waals surface area contributed by atoms with Gasteiger partial charge >= 0.3 is 0 Å². The molecule has 5 atom stereocenters. The average Bonchev–Trinajstić information content (AvgIpc) is 2.84. The van der Waals surface area contributed by atoms with E-state index in [1.165, 1.54) is 25.7 Å². The molecule has 74 valence electrons. The Balaban J connectivity index is 1.70. The van der Waals surface area contributed by atoms with Gasteiger partial charge in [-0.1, -0.05) is 13.3 Å². The van der Waals surface area contributed by atoms with Gasteiger partial charge in [-0.15, -0.1) is 0 Å². The summed E-state index contributed by atoms with van der Waals surface area (Å²) in [6.45, 7) is 2.33. The van der Waals surface area contributed by atoms with Gasteiger partial charge in [0.25, 0.3) is 0 Å². The molecule has 1 heteroatoms. The normalized spacial score (nSPS) is 58.6. The molecule has 0 aromatic rings. The Morgan fingerprint density at radius 3 is 2.85 bits per heavy atom. The second-order valence-electron chi connectivity index (χ2n) is 5.58. The van der Waals surface area contributed by atoms with E-state index in [-0.39, 0.29) is 6.10 Å². The van der Waals surface area contributed by atoms with Gasteiger partial charge in [0.05, 0.1) is 6.10 Å². The Bertz CT molecular complexity index is 225. The average molecular weight is 180 g/mol. The van der Waals surface area contributed by atoms with Crippen molar-refractivity contribution in [3.05, 3.63) is 0 Å². The summed E-state index contributed by atoms with van der Waals surface area (Å²) < 4.78 is 0. The summed E-state index contributed by atoms with van der Waals surface area (Å²) in [5, 5.41) is 9.65. The van der Waals surface area contributed by atoms with Gasteiger partial charge in [0.2, 0.25) is 0 Å². The SMILES string of the molecule is CCC1CC12CC1CCC(O)CC12. The van der Waals surface area contributed by atoms with Crippen LogP contribution in [0.3, 0.4) is 0 Å². The molecule has 3 rings (SSSR count). The van der Waals surface area contributed by atoms with E-state index < -0.39 is 0 Å². The summed E-state index contributed by atoms with van der Waals surface area (Å²) in [5.74, 6) is 2.94. The van der Waals surface area contributed by atoms with E-state index in [4.69, 9.17) is 0 Å². The summed E-state index contributed by atoms with van der Waals surface area (Å²) in [6.07, 6.45) is 7.91. The molecule has 5 unspecified atom stereocenters. The van der Waals surface area contributed by atoms with Crippen molar-refractivity contribution in [2.45, 2.75) is 51.6 Å². The fourth-order valence-corrected chi connectivity index (χ4v) is 4.29. The van der Waals surface area contributed by atoms with E-state index in [1.807, 2.05) is 0 Å². The molecule has 0 radical (unpaired) electrons. The zero-order valence-corrected chi connectivity index (χ0v) is 8.50. The van der Waals surface area contributed by atoms with E-state index in [9.17, 15) is 5.11 Å². The van der Waals surface area contributed by atoms with Gasteiger partial charge in [-0.05, 0) is 55.3 Å². The van der Waals surface area contributed by atoms with Crippen molar-refractivity contribution in [3.8, 4) is 0 Å². The van der Waals surface area contributed by atoms with E-state index in [1.54, 1.807) is 0 Å². The number of fused-ring (bicyclic) bond motifs is 2. The molecule has 3 aliphatic rings. The molecule has 1 nitrogen and oxygen atoms in total. The summed E-state index contributed by atoms with van der Waals surface area (Å²) >= 11 is 0. The van der Waals surface area contributed by atoms with Crippen LogP contribution in [-0.2, 0) is 0 Å². The Labute approximate surface area is 80.5 Å². The second-order valence-corrected chi connectivity index (χ2v) is 5.58. The molecular weight excluding hydrogens is 160 g/mol. The molecule has 0 saturated heterocycles. The van der Waals surface area contributed by atoms with E-state index in [2.05, 4.69) is 6.92 Å². The van der Waals surface area contributed by atoms with E-state index in [0.29, 0.717) is 0 Å². The van der Waals surface area contributed by atoms with Gasteiger partial charge in [-0.2, -0.15) is 0 Å². The van der Waals surface area contributed by atoms with Crippen LogP contribution in [0.2, 0.25) is 0 Å². The lowest BCUT2D eigenvalue weighted by Gasteiger charge is -2.51. The van der Waals surface area contributed by atoms with Crippen LogP contribution in [-0.4, -0.2) is 11.2 Å². The van der Waals surface area contributed by atoms with Crippen LogP contribution >= 0.6 is 0 Å². The maximum Gasteiger partial charge on any atom is 0.0543 e. The van der Waals surface area contributed by atoms with Gasteiger partial charge in [-0.25, -0.2) is 0 Å².